The van der Waals surface area contributed by atoms with Gasteiger partial charge in [0.05, 0.1) is 13.4 Å². The van der Waals surface area contributed by atoms with Crippen LogP contribution in [0.15, 0.2) is 91.5 Å². The van der Waals surface area contributed by atoms with Gasteiger partial charge in [-0.2, -0.15) is 0 Å². The number of nitrogens with zero attached hydrogens (tertiary/aromatic N) is 2. The minimum absolute atomic E-state index is 0.116. The molecule has 4 rings (SSSR count). The molecule has 1 heterocycles. The summed E-state index contributed by atoms with van der Waals surface area (Å²) in [6.45, 7) is 1.76. The second kappa shape index (κ2) is 11.0. The molecule has 0 unspecified atom stereocenters. The number of carbonyl (C=O) groups is 2. The Labute approximate surface area is 203 Å². The van der Waals surface area contributed by atoms with Crippen molar-refractivity contribution in [3.05, 3.63) is 108 Å². The number of imidazole rings is 1. The van der Waals surface area contributed by atoms with Gasteiger partial charge in [-0.05, 0) is 66.6 Å². The van der Waals surface area contributed by atoms with Gasteiger partial charge in [0, 0.05) is 29.3 Å². The fraction of sp³-hybridized carbons (Fsp3) is 0.107. The predicted octanol–water partition coefficient (Wildman–Crippen LogP) is 5.10. The number of para-hydroxylation sites is 1. The fourth-order valence-corrected chi connectivity index (χ4v) is 3.43. The van der Waals surface area contributed by atoms with Crippen molar-refractivity contribution in [3.63, 3.8) is 0 Å². The Bertz CT molecular complexity index is 1340. The van der Waals surface area contributed by atoms with Crippen LogP contribution in [0.1, 0.15) is 21.5 Å². The predicted molar refractivity (Wildman–Crippen MR) is 135 cm³/mol. The highest BCUT2D eigenvalue weighted by molar-refractivity contribution is 6.06. The molecule has 1 aromatic heterocycles. The van der Waals surface area contributed by atoms with Crippen molar-refractivity contribution in [1.29, 1.82) is 0 Å². The monoisotopic (exact) mass is 467 g/mol. The molecule has 1 amide bonds. The summed E-state index contributed by atoms with van der Waals surface area (Å²) in [5, 5.41) is 2.83. The van der Waals surface area contributed by atoms with E-state index in [4.69, 9.17) is 9.47 Å². The number of nitrogens with one attached hydrogen (secondary N) is 1. The van der Waals surface area contributed by atoms with Crippen molar-refractivity contribution < 1.29 is 19.1 Å². The number of aryl methyl sites for hydroxylation is 1. The van der Waals surface area contributed by atoms with E-state index in [1.807, 2.05) is 54.1 Å². The van der Waals surface area contributed by atoms with Crippen LogP contribution in [0.2, 0.25) is 0 Å². The first-order valence-corrected chi connectivity index (χ1v) is 11.0. The molecule has 0 aliphatic rings. The van der Waals surface area contributed by atoms with Gasteiger partial charge in [0.1, 0.15) is 0 Å². The van der Waals surface area contributed by atoms with Gasteiger partial charge in [-0.1, -0.05) is 30.3 Å². The van der Waals surface area contributed by atoms with E-state index in [1.54, 1.807) is 48.9 Å². The van der Waals surface area contributed by atoms with Gasteiger partial charge in [0.25, 0.3) is 5.91 Å². The van der Waals surface area contributed by atoms with Crippen LogP contribution in [0.3, 0.4) is 0 Å². The maximum atomic E-state index is 12.6. The highest BCUT2D eigenvalue weighted by atomic mass is 16.5. The number of carbonyl (C=O) groups excluding carboxylic acids is 2. The number of hydrogen-bond acceptors (Lipinski definition) is 5. The van der Waals surface area contributed by atoms with Crippen molar-refractivity contribution >= 4 is 23.5 Å². The Morgan fingerprint density at radius 3 is 2.54 bits per heavy atom. The lowest BCUT2D eigenvalue weighted by atomic mass is 10.1. The van der Waals surface area contributed by atoms with Crippen LogP contribution in [0, 0.1) is 6.92 Å². The number of allylic oxidation sites excluding steroid dienone is 1. The molecule has 0 spiro atoms. The summed E-state index contributed by atoms with van der Waals surface area (Å²) in [5.41, 5.74) is 3.99. The number of ether oxygens (including phenoxy) is 2. The highest BCUT2D eigenvalue weighted by Gasteiger charge is 2.10. The quantitative estimate of drug-likeness (QED) is 0.273. The van der Waals surface area contributed by atoms with E-state index in [0.29, 0.717) is 17.1 Å². The Hall–Kier alpha value is -4.65. The molecule has 0 fully saturated rings. The van der Waals surface area contributed by atoms with E-state index >= 15 is 0 Å². The zero-order chi connectivity index (χ0) is 24.6. The summed E-state index contributed by atoms with van der Waals surface area (Å²) >= 11 is 0. The lowest BCUT2D eigenvalue weighted by Crippen LogP contribution is -2.20. The Balaban J connectivity index is 1.37. The first-order chi connectivity index (χ1) is 17.0. The Kier molecular flexibility index (Phi) is 7.37. The largest absolute Gasteiger partial charge is 0.493 e. The highest BCUT2D eigenvalue weighted by Crippen LogP contribution is 2.28. The Morgan fingerprint density at radius 1 is 1.03 bits per heavy atom. The molecule has 0 bridgehead atoms. The molecular weight excluding hydrogens is 442 g/mol. The third kappa shape index (κ3) is 6.03. The molecule has 0 saturated carbocycles. The van der Waals surface area contributed by atoms with Gasteiger partial charge in [0.2, 0.25) is 0 Å². The minimum Gasteiger partial charge on any atom is -0.493 e. The average Bonchev–Trinajstić information content (AvgIpc) is 3.43. The zero-order valence-corrected chi connectivity index (χ0v) is 19.5. The van der Waals surface area contributed by atoms with E-state index in [2.05, 4.69) is 10.3 Å². The topological polar surface area (TPSA) is 82.5 Å². The zero-order valence-electron chi connectivity index (χ0n) is 19.5. The van der Waals surface area contributed by atoms with Crippen molar-refractivity contribution in [3.8, 4) is 17.2 Å². The molecule has 0 atom stereocenters. The number of amides is 1. The molecule has 35 heavy (non-hydrogen) atoms. The van der Waals surface area contributed by atoms with Crippen molar-refractivity contribution in [1.82, 2.24) is 9.55 Å². The molecule has 0 saturated heterocycles. The van der Waals surface area contributed by atoms with Crippen LogP contribution in [-0.4, -0.2) is 35.0 Å². The normalized spacial score (nSPS) is 10.8. The summed E-state index contributed by atoms with van der Waals surface area (Å²) in [4.78, 5) is 28.9. The third-order valence-electron chi connectivity index (χ3n) is 5.35. The standard InChI is InChI=1S/C28H25N3O4/c1-20-5-3-4-6-24(20)30-28(33)18-35-26-14-8-21(17-27(26)34-2)7-13-25(32)22-9-11-23(12-10-22)31-16-15-29-19-31/h3-17,19H,18H2,1-2H3,(H,30,33)/b13-7+. The van der Waals surface area contributed by atoms with E-state index in [-0.39, 0.29) is 18.3 Å². The third-order valence-corrected chi connectivity index (χ3v) is 5.35. The number of rotatable bonds is 9. The molecule has 0 aliphatic carbocycles. The maximum absolute atomic E-state index is 12.6. The average molecular weight is 468 g/mol. The van der Waals surface area contributed by atoms with Crippen LogP contribution in [0.4, 0.5) is 5.69 Å². The van der Waals surface area contributed by atoms with Crippen LogP contribution < -0.4 is 14.8 Å². The first-order valence-electron chi connectivity index (χ1n) is 11.0. The number of hydrogen-bond donors (Lipinski definition) is 1. The van der Waals surface area contributed by atoms with E-state index < -0.39 is 0 Å². The second-order valence-electron chi connectivity index (χ2n) is 7.78. The van der Waals surface area contributed by atoms with Gasteiger partial charge in [-0.15, -0.1) is 0 Å². The number of benzene rings is 3. The van der Waals surface area contributed by atoms with E-state index in [1.165, 1.54) is 13.2 Å². The minimum atomic E-state index is -0.269. The second-order valence-corrected chi connectivity index (χ2v) is 7.78. The number of ketones is 1. The first kappa shape index (κ1) is 23.5. The van der Waals surface area contributed by atoms with Crippen molar-refractivity contribution in [2.24, 2.45) is 0 Å². The summed E-state index contributed by atoms with van der Waals surface area (Å²) in [6.07, 6.45) is 8.47. The van der Waals surface area contributed by atoms with Gasteiger partial charge in [-0.3, -0.25) is 9.59 Å². The number of aromatic nitrogens is 2. The lowest BCUT2D eigenvalue weighted by molar-refractivity contribution is -0.118. The summed E-state index contributed by atoms with van der Waals surface area (Å²) < 4.78 is 12.9. The molecule has 0 aliphatic heterocycles. The smallest absolute Gasteiger partial charge is 0.262 e. The van der Waals surface area contributed by atoms with Crippen LogP contribution in [-0.2, 0) is 4.79 Å². The number of methoxy groups -OCH3 is 1. The van der Waals surface area contributed by atoms with Crippen LogP contribution in [0.5, 0.6) is 11.5 Å². The Morgan fingerprint density at radius 2 is 1.83 bits per heavy atom. The van der Waals surface area contributed by atoms with Gasteiger partial charge in [0.15, 0.2) is 23.9 Å². The van der Waals surface area contributed by atoms with Crippen molar-refractivity contribution in [2.45, 2.75) is 6.92 Å². The lowest BCUT2D eigenvalue weighted by Gasteiger charge is -2.12. The molecule has 176 valence electrons. The summed E-state index contributed by atoms with van der Waals surface area (Å²) in [7, 11) is 1.52. The van der Waals surface area contributed by atoms with Crippen LogP contribution in [0.25, 0.3) is 11.8 Å². The fourth-order valence-electron chi connectivity index (χ4n) is 3.43. The molecule has 0 radical (unpaired) electrons. The van der Waals surface area contributed by atoms with E-state index in [0.717, 1.165) is 22.5 Å². The van der Waals surface area contributed by atoms with E-state index in [9.17, 15) is 9.59 Å². The molecule has 1 N–H and O–H groups in total. The summed E-state index contributed by atoms with van der Waals surface area (Å²) in [5.74, 6) is 0.517. The van der Waals surface area contributed by atoms with Gasteiger partial charge < -0.3 is 19.4 Å². The molecular formula is C28H25N3O4. The molecule has 4 aromatic rings. The maximum Gasteiger partial charge on any atom is 0.262 e. The van der Waals surface area contributed by atoms with Crippen molar-refractivity contribution in [2.75, 3.05) is 19.0 Å². The van der Waals surface area contributed by atoms with Gasteiger partial charge >= 0.3 is 0 Å². The number of anilines is 1. The SMILES string of the molecule is COc1cc(/C=C/C(=O)c2ccc(-n3ccnc3)cc2)ccc1OCC(=O)Nc1ccccc1C. The molecule has 7 heteroatoms. The van der Waals surface area contributed by atoms with Crippen LogP contribution >= 0.6 is 0 Å². The molecule has 3 aromatic carbocycles. The summed E-state index contributed by atoms with van der Waals surface area (Å²) in [6, 6.07) is 20.1. The molecule has 7 nitrogen and oxygen atoms in total. The van der Waals surface area contributed by atoms with Gasteiger partial charge in [-0.25, -0.2) is 4.98 Å².